The van der Waals surface area contributed by atoms with E-state index in [2.05, 4.69) is 14.3 Å². The lowest BCUT2D eigenvalue weighted by Crippen LogP contribution is -2.12. The first kappa shape index (κ1) is 11.8. The number of anilines is 2. The highest BCUT2D eigenvalue weighted by Gasteiger charge is 2.16. The number of rotatable bonds is 3. The van der Waals surface area contributed by atoms with E-state index in [-0.39, 0.29) is 4.90 Å². The predicted molar refractivity (Wildman–Crippen MR) is 66.3 cm³/mol. The summed E-state index contributed by atoms with van der Waals surface area (Å²) in [4.78, 5) is 0.128. The third kappa shape index (κ3) is 2.71. The van der Waals surface area contributed by atoms with Crippen molar-refractivity contribution in [3.63, 3.8) is 0 Å². The molecule has 3 N–H and O–H groups in total. The van der Waals surface area contributed by atoms with Crippen LogP contribution >= 0.6 is 11.5 Å². The van der Waals surface area contributed by atoms with E-state index >= 15 is 0 Å². The van der Waals surface area contributed by atoms with Crippen LogP contribution in [0.5, 0.6) is 0 Å². The number of nitrogens with one attached hydrogen (secondary N) is 1. The van der Waals surface area contributed by atoms with Gasteiger partial charge >= 0.3 is 0 Å². The van der Waals surface area contributed by atoms with Crippen LogP contribution in [0, 0.1) is 6.92 Å². The number of sulfonamides is 1. The van der Waals surface area contributed by atoms with Crippen molar-refractivity contribution in [2.45, 2.75) is 11.8 Å². The van der Waals surface area contributed by atoms with Crippen LogP contribution in [-0.4, -0.2) is 18.0 Å². The second-order valence-electron chi connectivity index (χ2n) is 3.47. The molecule has 0 unspecified atom stereocenters. The molecule has 1 aromatic heterocycles. The van der Waals surface area contributed by atoms with Crippen LogP contribution in [0.2, 0.25) is 0 Å². The summed E-state index contributed by atoms with van der Waals surface area (Å²) < 4.78 is 29.9. The van der Waals surface area contributed by atoms with Crippen LogP contribution in [-0.2, 0) is 10.0 Å². The van der Waals surface area contributed by atoms with Crippen molar-refractivity contribution < 1.29 is 8.42 Å². The number of hydrogen-bond donors (Lipinski definition) is 2. The largest absolute Gasteiger partial charge is 0.399 e. The standard InChI is InChI=1S/C9H10N4O2S2/c1-6-2-7(10)4-8(3-6)17(14,15)12-9-5-11-13-16-9/h2-5,12H,10H2,1H3. The molecule has 0 fully saturated rings. The fraction of sp³-hybridized carbons (Fsp3) is 0.111. The molecule has 0 atom stereocenters. The SMILES string of the molecule is Cc1cc(N)cc(S(=O)(=O)Nc2cnns2)c1. The molecule has 0 aliphatic carbocycles. The molecule has 1 heterocycles. The van der Waals surface area contributed by atoms with Crippen molar-refractivity contribution in [1.29, 1.82) is 0 Å². The highest BCUT2D eigenvalue weighted by atomic mass is 32.2. The lowest BCUT2D eigenvalue weighted by Gasteiger charge is -2.07. The lowest BCUT2D eigenvalue weighted by atomic mass is 10.2. The maximum absolute atomic E-state index is 12.0. The topological polar surface area (TPSA) is 98.0 Å². The van der Waals surface area contributed by atoms with Crippen LogP contribution in [0.4, 0.5) is 10.7 Å². The number of hydrogen-bond acceptors (Lipinski definition) is 6. The second-order valence-corrected chi connectivity index (χ2v) is 5.93. The zero-order chi connectivity index (χ0) is 12.5. The summed E-state index contributed by atoms with van der Waals surface area (Å²) in [5.74, 6) is 0. The average Bonchev–Trinajstić information content (AvgIpc) is 2.68. The van der Waals surface area contributed by atoms with Gasteiger partial charge in [0.25, 0.3) is 10.0 Å². The summed E-state index contributed by atoms with van der Waals surface area (Å²) in [5, 5.41) is 3.92. The Bertz CT molecular complexity index is 602. The van der Waals surface area contributed by atoms with Gasteiger partial charge in [-0.15, -0.1) is 5.10 Å². The average molecular weight is 270 g/mol. The number of nitrogen functional groups attached to an aromatic ring is 1. The zero-order valence-electron chi connectivity index (χ0n) is 8.91. The van der Waals surface area contributed by atoms with Gasteiger partial charge in [-0.25, -0.2) is 8.42 Å². The van der Waals surface area contributed by atoms with Crippen LogP contribution in [0.25, 0.3) is 0 Å². The summed E-state index contributed by atoms with van der Waals surface area (Å²) in [5.41, 5.74) is 6.81. The van der Waals surface area contributed by atoms with E-state index in [1.807, 2.05) is 0 Å². The Balaban J connectivity index is 2.38. The minimum atomic E-state index is -3.63. The minimum absolute atomic E-state index is 0.128. The Morgan fingerprint density at radius 3 is 2.71 bits per heavy atom. The first-order valence-electron chi connectivity index (χ1n) is 4.65. The second kappa shape index (κ2) is 4.30. The highest BCUT2D eigenvalue weighted by Crippen LogP contribution is 2.20. The Hall–Kier alpha value is -1.67. The Labute approximate surface area is 103 Å². The van der Waals surface area contributed by atoms with Crippen molar-refractivity contribution in [1.82, 2.24) is 9.59 Å². The van der Waals surface area contributed by atoms with Crippen molar-refractivity contribution in [3.8, 4) is 0 Å². The van der Waals surface area contributed by atoms with E-state index in [9.17, 15) is 8.42 Å². The van der Waals surface area contributed by atoms with Gasteiger partial charge in [0.1, 0.15) is 5.00 Å². The van der Waals surface area contributed by atoms with Crippen molar-refractivity contribution >= 4 is 32.2 Å². The molecule has 0 amide bonds. The van der Waals surface area contributed by atoms with Gasteiger partial charge in [0, 0.05) is 17.2 Å². The minimum Gasteiger partial charge on any atom is -0.399 e. The molecule has 2 rings (SSSR count). The summed E-state index contributed by atoms with van der Waals surface area (Å²) in [6.45, 7) is 1.78. The molecule has 0 spiro atoms. The summed E-state index contributed by atoms with van der Waals surface area (Å²) in [6.07, 6.45) is 1.35. The molecule has 6 nitrogen and oxygen atoms in total. The summed E-state index contributed by atoms with van der Waals surface area (Å²) >= 11 is 0.970. The highest BCUT2D eigenvalue weighted by molar-refractivity contribution is 7.93. The smallest absolute Gasteiger partial charge is 0.262 e. The molecule has 0 bridgehead atoms. The Morgan fingerprint density at radius 2 is 2.12 bits per heavy atom. The molecule has 2 aromatic rings. The molecular weight excluding hydrogens is 260 g/mol. The molecule has 0 saturated carbocycles. The van der Waals surface area contributed by atoms with Gasteiger partial charge in [-0.1, -0.05) is 4.49 Å². The monoisotopic (exact) mass is 270 g/mol. The third-order valence-electron chi connectivity index (χ3n) is 1.98. The first-order valence-corrected chi connectivity index (χ1v) is 6.90. The summed E-state index contributed by atoms with van der Waals surface area (Å²) in [6, 6.07) is 4.66. The number of benzene rings is 1. The van der Waals surface area contributed by atoms with Crippen LogP contribution < -0.4 is 10.5 Å². The van der Waals surface area contributed by atoms with Gasteiger partial charge in [-0.3, -0.25) is 4.72 Å². The maximum Gasteiger partial charge on any atom is 0.262 e. The molecule has 90 valence electrons. The number of nitrogens with zero attached hydrogens (tertiary/aromatic N) is 2. The van der Waals surface area contributed by atoms with E-state index < -0.39 is 10.0 Å². The molecule has 0 aliphatic rings. The van der Waals surface area contributed by atoms with Gasteiger partial charge in [0.05, 0.1) is 11.1 Å². The van der Waals surface area contributed by atoms with Gasteiger partial charge in [0.15, 0.2) is 0 Å². The van der Waals surface area contributed by atoms with Gasteiger partial charge < -0.3 is 5.73 Å². The number of aromatic nitrogens is 2. The molecule has 0 saturated heterocycles. The van der Waals surface area contributed by atoms with E-state index in [1.165, 1.54) is 12.3 Å². The van der Waals surface area contributed by atoms with Crippen LogP contribution in [0.15, 0.2) is 29.3 Å². The fourth-order valence-electron chi connectivity index (χ4n) is 1.34. The van der Waals surface area contributed by atoms with Crippen molar-refractivity contribution in [2.24, 2.45) is 0 Å². The van der Waals surface area contributed by atoms with Crippen molar-refractivity contribution in [2.75, 3.05) is 10.5 Å². The van der Waals surface area contributed by atoms with E-state index in [4.69, 9.17) is 5.73 Å². The van der Waals surface area contributed by atoms with Gasteiger partial charge in [-0.2, -0.15) is 0 Å². The quantitative estimate of drug-likeness (QED) is 0.817. The summed E-state index contributed by atoms with van der Waals surface area (Å²) in [7, 11) is -3.63. The van der Waals surface area contributed by atoms with Crippen LogP contribution in [0.3, 0.4) is 0 Å². The van der Waals surface area contributed by atoms with E-state index in [1.54, 1.807) is 19.1 Å². The fourth-order valence-corrected chi connectivity index (χ4v) is 3.16. The Morgan fingerprint density at radius 1 is 1.35 bits per heavy atom. The third-order valence-corrected chi connectivity index (χ3v) is 4.03. The van der Waals surface area contributed by atoms with E-state index in [0.717, 1.165) is 17.1 Å². The van der Waals surface area contributed by atoms with E-state index in [0.29, 0.717) is 10.7 Å². The zero-order valence-corrected chi connectivity index (χ0v) is 10.5. The first-order chi connectivity index (χ1) is 7.97. The van der Waals surface area contributed by atoms with Gasteiger partial charge in [-0.05, 0) is 30.7 Å². The molecular formula is C9H10N4O2S2. The van der Waals surface area contributed by atoms with Crippen molar-refractivity contribution in [3.05, 3.63) is 30.0 Å². The predicted octanol–water partition coefficient (Wildman–Crippen LogP) is 1.23. The normalized spacial score (nSPS) is 11.4. The van der Waals surface area contributed by atoms with Crippen LogP contribution in [0.1, 0.15) is 5.56 Å². The molecule has 17 heavy (non-hydrogen) atoms. The molecule has 0 radical (unpaired) electrons. The molecule has 8 heteroatoms. The maximum atomic E-state index is 12.0. The Kier molecular flexibility index (Phi) is 2.99. The molecule has 0 aliphatic heterocycles. The molecule has 1 aromatic carbocycles. The number of aryl methyl sites for hydroxylation is 1. The lowest BCUT2D eigenvalue weighted by molar-refractivity contribution is 0.601. The number of nitrogens with two attached hydrogens (primary N) is 1. The van der Waals surface area contributed by atoms with Gasteiger partial charge in [0.2, 0.25) is 0 Å².